The molecule has 4 rings (SSSR count). The summed E-state index contributed by atoms with van der Waals surface area (Å²) in [4.78, 5) is 25.4. The highest BCUT2D eigenvalue weighted by atomic mass is 19.1. The average Bonchev–Trinajstić information content (AvgIpc) is 2.74. The lowest BCUT2D eigenvalue weighted by Gasteiger charge is -2.12. The maximum atomic E-state index is 13.9. The minimum atomic E-state index is -0.590. The molecule has 0 aliphatic heterocycles. The SMILES string of the molecule is Cc1ccc(-c2c(C(=O)NCc3ccccc3F)oc(=O)c3ccccc23)cc1. The molecule has 1 amide bonds. The van der Waals surface area contributed by atoms with Crippen LogP contribution in [0.4, 0.5) is 4.39 Å². The lowest BCUT2D eigenvalue weighted by atomic mass is 9.97. The Morgan fingerprint density at radius 2 is 1.59 bits per heavy atom. The van der Waals surface area contributed by atoms with Crippen LogP contribution in [0.15, 0.2) is 82.0 Å². The van der Waals surface area contributed by atoms with Crippen molar-refractivity contribution >= 4 is 16.7 Å². The number of aryl methyl sites for hydroxylation is 1. The molecule has 4 nitrogen and oxygen atoms in total. The van der Waals surface area contributed by atoms with Crippen molar-refractivity contribution in [1.82, 2.24) is 5.32 Å². The second-order valence-corrected chi connectivity index (χ2v) is 6.78. The third kappa shape index (κ3) is 3.67. The first-order chi connectivity index (χ1) is 14.0. The van der Waals surface area contributed by atoms with Gasteiger partial charge in [0.2, 0.25) is 5.76 Å². The molecule has 144 valence electrons. The number of hydrogen-bond acceptors (Lipinski definition) is 3. The number of fused-ring (bicyclic) bond motifs is 1. The van der Waals surface area contributed by atoms with Crippen molar-refractivity contribution in [3.63, 3.8) is 0 Å². The van der Waals surface area contributed by atoms with E-state index in [1.165, 1.54) is 6.07 Å². The molecule has 0 atom stereocenters. The smallest absolute Gasteiger partial charge is 0.344 e. The van der Waals surface area contributed by atoms with Crippen LogP contribution in [0.25, 0.3) is 21.9 Å². The van der Waals surface area contributed by atoms with Gasteiger partial charge in [-0.3, -0.25) is 4.79 Å². The lowest BCUT2D eigenvalue weighted by Crippen LogP contribution is -2.25. The maximum Gasteiger partial charge on any atom is 0.344 e. The first-order valence-electron chi connectivity index (χ1n) is 9.19. The Hall–Kier alpha value is -3.73. The first-order valence-corrected chi connectivity index (χ1v) is 9.19. The van der Waals surface area contributed by atoms with Gasteiger partial charge >= 0.3 is 5.63 Å². The summed E-state index contributed by atoms with van der Waals surface area (Å²) in [5.74, 6) is -1.08. The van der Waals surface area contributed by atoms with Crippen molar-refractivity contribution in [3.8, 4) is 11.1 Å². The summed E-state index contributed by atoms with van der Waals surface area (Å²) in [6.45, 7) is 1.95. The summed E-state index contributed by atoms with van der Waals surface area (Å²) in [5, 5.41) is 3.68. The van der Waals surface area contributed by atoms with E-state index in [9.17, 15) is 14.0 Å². The van der Waals surface area contributed by atoms with Crippen LogP contribution in [0.3, 0.4) is 0 Å². The second-order valence-electron chi connectivity index (χ2n) is 6.78. The van der Waals surface area contributed by atoms with E-state index in [1.807, 2.05) is 31.2 Å². The predicted octanol–water partition coefficient (Wildman–Crippen LogP) is 4.84. The van der Waals surface area contributed by atoms with Crippen molar-refractivity contribution in [3.05, 3.63) is 106 Å². The summed E-state index contributed by atoms with van der Waals surface area (Å²) < 4.78 is 19.3. The minimum Gasteiger partial charge on any atom is -0.416 e. The molecule has 0 saturated heterocycles. The van der Waals surface area contributed by atoms with E-state index in [0.717, 1.165) is 11.1 Å². The third-order valence-corrected chi connectivity index (χ3v) is 4.78. The zero-order valence-electron chi connectivity index (χ0n) is 15.7. The van der Waals surface area contributed by atoms with Crippen molar-refractivity contribution in [2.75, 3.05) is 0 Å². The van der Waals surface area contributed by atoms with Gasteiger partial charge in [-0.25, -0.2) is 9.18 Å². The number of rotatable bonds is 4. The van der Waals surface area contributed by atoms with E-state index in [4.69, 9.17) is 4.42 Å². The molecule has 4 aromatic rings. The molecule has 0 aliphatic carbocycles. The molecule has 3 aromatic carbocycles. The highest BCUT2D eigenvalue weighted by Crippen LogP contribution is 2.31. The summed E-state index contributed by atoms with van der Waals surface area (Å²) in [6, 6.07) is 20.8. The quantitative estimate of drug-likeness (QED) is 0.545. The lowest BCUT2D eigenvalue weighted by molar-refractivity contribution is 0.0920. The van der Waals surface area contributed by atoms with Crippen LogP contribution in [0.2, 0.25) is 0 Å². The van der Waals surface area contributed by atoms with Crippen molar-refractivity contribution in [1.29, 1.82) is 0 Å². The fraction of sp³-hybridized carbons (Fsp3) is 0.0833. The zero-order chi connectivity index (χ0) is 20.4. The van der Waals surface area contributed by atoms with E-state index < -0.39 is 17.3 Å². The van der Waals surface area contributed by atoms with Crippen LogP contribution in [-0.2, 0) is 6.54 Å². The van der Waals surface area contributed by atoms with Gasteiger partial charge in [-0.1, -0.05) is 66.2 Å². The molecular weight excluding hydrogens is 369 g/mol. The van der Waals surface area contributed by atoms with Crippen molar-refractivity contribution in [2.24, 2.45) is 0 Å². The van der Waals surface area contributed by atoms with E-state index in [1.54, 1.807) is 42.5 Å². The molecule has 1 N–H and O–H groups in total. The summed E-state index contributed by atoms with van der Waals surface area (Å²) >= 11 is 0. The van der Waals surface area contributed by atoms with Crippen LogP contribution >= 0.6 is 0 Å². The number of carbonyl (C=O) groups is 1. The van der Waals surface area contributed by atoms with E-state index >= 15 is 0 Å². The maximum absolute atomic E-state index is 13.9. The summed E-state index contributed by atoms with van der Waals surface area (Å²) in [5.41, 5.74) is 2.12. The average molecular weight is 387 g/mol. The molecule has 0 spiro atoms. The van der Waals surface area contributed by atoms with Gasteiger partial charge in [0.05, 0.1) is 5.39 Å². The highest BCUT2D eigenvalue weighted by Gasteiger charge is 2.21. The highest BCUT2D eigenvalue weighted by molar-refractivity contribution is 6.07. The zero-order valence-corrected chi connectivity index (χ0v) is 15.7. The van der Waals surface area contributed by atoms with Gasteiger partial charge in [-0.2, -0.15) is 0 Å². The predicted molar refractivity (Wildman–Crippen MR) is 110 cm³/mol. The number of amides is 1. The Morgan fingerprint density at radius 3 is 2.31 bits per heavy atom. The molecule has 5 heteroatoms. The van der Waals surface area contributed by atoms with Gasteiger partial charge in [-0.05, 0) is 24.6 Å². The molecule has 0 fully saturated rings. The Balaban J connectivity index is 1.81. The Labute approximate surface area is 166 Å². The first kappa shape index (κ1) is 18.6. The van der Waals surface area contributed by atoms with E-state index in [-0.39, 0.29) is 12.3 Å². The van der Waals surface area contributed by atoms with Crippen LogP contribution < -0.4 is 10.9 Å². The number of nitrogens with one attached hydrogen (secondary N) is 1. The van der Waals surface area contributed by atoms with Gasteiger partial charge < -0.3 is 9.73 Å². The standard InChI is InChI=1S/C24H18FNO3/c1-15-10-12-16(13-11-15)21-18-7-3-4-8-19(18)24(28)29-22(21)23(27)26-14-17-6-2-5-9-20(17)25/h2-13H,14H2,1H3,(H,26,27). The molecule has 29 heavy (non-hydrogen) atoms. The fourth-order valence-electron chi connectivity index (χ4n) is 3.26. The van der Waals surface area contributed by atoms with Crippen LogP contribution in [-0.4, -0.2) is 5.91 Å². The van der Waals surface area contributed by atoms with Gasteiger partial charge in [0.1, 0.15) is 5.82 Å². The van der Waals surface area contributed by atoms with E-state index in [0.29, 0.717) is 21.9 Å². The second kappa shape index (κ2) is 7.72. The van der Waals surface area contributed by atoms with Crippen LogP contribution in [0, 0.1) is 12.7 Å². The molecule has 1 heterocycles. The molecule has 0 aliphatic rings. The van der Waals surface area contributed by atoms with Crippen molar-refractivity contribution in [2.45, 2.75) is 13.5 Å². The fourth-order valence-corrected chi connectivity index (χ4v) is 3.26. The Morgan fingerprint density at radius 1 is 0.931 bits per heavy atom. The molecule has 0 saturated carbocycles. The van der Waals surface area contributed by atoms with Crippen LogP contribution in [0.1, 0.15) is 21.7 Å². The van der Waals surface area contributed by atoms with Gasteiger partial charge in [0.25, 0.3) is 5.91 Å². The molecule has 0 unspecified atom stereocenters. The largest absolute Gasteiger partial charge is 0.416 e. The topological polar surface area (TPSA) is 59.3 Å². The molecule has 1 aromatic heterocycles. The number of benzene rings is 3. The number of hydrogen-bond donors (Lipinski definition) is 1. The normalized spacial score (nSPS) is 10.8. The van der Waals surface area contributed by atoms with E-state index in [2.05, 4.69) is 5.32 Å². The Bertz CT molecular complexity index is 1260. The summed E-state index contributed by atoms with van der Waals surface area (Å²) in [7, 11) is 0. The third-order valence-electron chi connectivity index (χ3n) is 4.78. The Kier molecular flexibility index (Phi) is 4.96. The summed E-state index contributed by atoms with van der Waals surface area (Å²) in [6.07, 6.45) is 0. The minimum absolute atomic E-state index is 0.0185. The monoisotopic (exact) mass is 387 g/mol. The number of halogens is 1. The number of carbonyl (C=O) groups excluding carboxylic acids is 1. The molecular formula is C24H18FNO3. The van der Waals surface area contributed by atoms with Gasteiger partial charge in [0, 0.05) is 23.1 Å². The van der Waals surface area contributed by atoms with Crippen LogP contribution in [0.5, 0.6) is 0 Å². The van der Waals surface area contributed by atoms with Crippen molar-refractivity contribution < 1.29 is 13.6 Å². The molecule has 0 radical (unpaired) electrons. The van der Waals surface area contributed by atoms with Gasteiger partial charge in [0.15, 0.2) is 0 Å². The molecule has 0 bridgehead atoms. The van der Waals surface area contributed by atoms with Gasteiger partial charge in [-0.15, -0.1) is 0 Å².